The predicted molar refractivity (Wildman–Crippen MR) is 99.9 cm³/mol. The number of nitrogens with one attached hydrogen (secondary N) is 1. The van der Waals surface area contributed by atoms with Crippen LogP contribution in [0.4, 0.5) is 5.69 Å². The van der Waals surface area contributed by atoms with Gasteiger partial charge in [-0.3, -0.25) is 0 Å². The van der Waals surface area contributed by atoms with Crippen LogP contribution in [0.1, 0.15) is 0 Å². The monoisotopic (exact) mass is 293 g/mol. The minimum absolute atomic E-state index is 1.11. The van der Waals surface area contributed by atoms with Crippen molar-refractivity contribution in [2.45, 2.75) is 0 Å². The Morgan fingerprint density at radius 2 is 1.39 bits per heavy atom. The Kier molecular flexibility index (Phi) is 2.56. The van der Waals surface area contributed by atoms with Gasteiger partial charge in [0.15, 0.2) is 0 Å². The summed E-state index contributed by atoms with van der Waals surface area (Å²) >= 11 is 0. The van der Waals surface area contributed by atoms with Crippen molar-refractivity contribution in [3.63, 3.8) is 0 Å². The average Bonchev–Trinajstić information content (AvgIpc) is 2.61. The van der Waals surface area contributed by atoms with Gasteiger partial charge in [-0.15, -0.1) is 0 Å². The van der Waals surface area contributed by atoms with Crippen LogP contribution in [0.5, 0.6) is 0 Å². The van der Waals surface area contributed by atoms with E-state index in [4.69, 9.17) is 0 Å². The molecule has 1 nitrogen and oxygen atoms in total. The molecule has 5 aromatic carbocycles. The Bertz CT molecular complexity index is 1160. The normalized spacial score (nSPS) is 12.2. The number of rotatable bonds is 0. The quantitative estimate of drug-likeness (QED) is 0.472. The highest BCUT2D eigenvalue weighted by Crippen LogP contribution is 2.27. The number of hydrogen-bond acceptors (Lipinski definition) is 1. The number of benzene rings is 3. The molecule has 108 valence electrons. The van der Waals surface area contributed by atoms with Crippen molar-refractivity contribution in [3.8, 4) is 0 Å². The van der Waals surface area contributed by atoms with Crippen LogP contribution in [0.15, 0.2) is 78.9 Å². The summed E-state index contributed by atoms with van der Waals surface area (Å²) in [5.74, 6) is 0. The number of hydrogen-bond donors (Lipinski definition) is 1. The fraction of sp³-hybridized carbons (Fsp3) is 0. The van der Waals surface area contributed by atoms with Crippen LogP contribution in [-0.4, -0.2) is 0 Å². The molecule has 3 aliphatic rings. The van der Waals surface area contributed by atoms with Gasteiger partial charge in [0.05, 0.1) is 0 Å². The van der Waals surface area contributed by atoms with Crippen molar-refractivity contribution in [1.82, 2.24) is 0 Å². The van der Waals surface area contributed by atoms with Gasteiger partial charge in [0.1, 0.15) is 0 Å². The summed E-state index contributed by atoms with van der Waals surface area (Å²) in [6.07, 6.45) is 2.10. The summed E-state index contributed by atoms with van der Waals surface area (Å²) in [5, 5.41) is 12.2. The predicted octanol–water partition coefficient (Wildman–Crippen LogP) is 5.15. The first-order valence-electron chi connectivity index (χ1n) is 7.87. The zero-order chi connectivity index (χ0) is 15.2. The van der Waals surface area contributed by atoms with E-state index in [9.17, 15) is 0 Å². The van der Waals surface area contributed by atoms with Crippen LogP contribution in [0, 0.1) is 0 Å². The largest absolute Gasteiger partial charge is 0.361 e. The molecule has 0 saturated carbocycles. The van der Waals surface area contributed by atoms with Gasteiger partial charge in [-0.1, -0.05) is 66.7 Å². The van der Waals surface area contributed by atoms with Gasteiger partial charge in [-0.25, -0.2) is 0 Å². The third-order valence-electron chi connectivity index (χ3n) is 4.60. The van der Waals surface area contributed by atoms with Gasteiger partial charge in [-0.2, -0.15) is 0 Å². The van der Waals surface area contributed by atoms with Crippen molar-refractivity contribution < 1.29 is 0 Å². The first kappa shape index (κ1) is 12.5. The van der Waals surface area contributed by atoms with Crippen LogP contribution < -0.4 is 10.5 Å². The Labute approximate surface area is 134 Å². The van der Waals surface area contributed by atoms with E-state index >= 15 is 0 Å². The first-order chi connectivity index (χ1) is 11.4. The lowest BCUT2D eigenvalue weighted by atomic mass is 9.99. The molecule has 8 rings (SSSR count). The number of anilines is 1. The van der Waals surface area contributed by atoms with Crippen molar-refractivity contribution >= 4 is 44.2 Å². The Morgan fingerprint density at radius 1 is 0.609 bits per heavy atom. The molecule has 0 radical (unpaired) electrons. The maximum Gasteiger partial charge on any atom is 0.0386 e. The average molecular weight is 293 g/mol. The second kappa shape index (κ2) is 4.72. The second-order valence-corrected chi connectivity index (χ2v) is 6.01. The minimum Gasteiger partial charge on any atom is -0.361 e. The lowest BCUT2D eigenvalue weighted by Crippen LogP contribution is -2.07. The van der Waals surface area contributed by atoms with E-state index < -0.39 is 0 Å². The molecule has 0 unspecified atom stereocenters. The molecular formula is C22H15N. The van der Waals surface area contributed by atoms with Gasteiger partial charge in [0.25, 0.3) is 0 Å². The van der Waals surface area contributed by atoms with E-state index in [0.29, 0.717) is 0 Å². The van der Waals surface area contributed by atoms with Crippen LogP contribution in [0.25, 0.3) is 38.5 Å². The van der Waals surface area contributed by atoms with Crippen LogP contribution in [0.2, 0.25) is 0 Å². The summed E-state index contributed by atoms with van der Waals surface area (Å²) in [4.78, 5) is 0. The molecule has 0 spiro atoms. The first-order valence-corrected chi connectivity index (χ1v) is 7.87. The van der Waals surface area contributed by atoms with E-state index in [0.717, 1.165) is 5.69 Å². The maximum atomic E-state index is 3.41. The molecule has 0 aliphatic carbocycles. The summed E-state index contributed by atoms with van der Waals surface area (Å²) in [5.41, 5.74) is 1.11. The maximum absolute atomic E-state index is 3.41. The molecule has 0 saturated heterocycles. The molecule has 0 aromatic heterocycles. The van der Waals surface area contributed by atoms with Gasteiger partial charge in [0, 0.05) is 11.9 Å². The van der Waals surface area contributed by atoms with E-state index in [1.54, 1.807) is 0 Å². The smallest absolute Gasteiger partial charge is 0.0386 e. The van der Waals surface area contributed by atoms with Crippen molar-refractivity contribution in [2.75, 3.05) is 5.32 Å². The highest BCUT2D eigenvalue weighted by molar-refractivity contribution is 6.14. The van der Waals surface area contributed by atoms with Crippen LogP contribution in [-0.2, 0) is 0 Å². The lowest BCUT2D eigenvalue weighted by Gasteiger charge is -2.08. The van der Waals surface area contributed by atoms with Crippen LogP contribution >= 0.6 is 0 Å². The molecular weight excluding hydrogens is 278 g/mol. The van der Waals surface area contributed by atoms with Gasteiger partial charge in [-0.05, 0) is 49.7 Å². The zero-order valence-corrected chi connectivity index (χ0v) is 12.6. The lowest BCUT2D eigenvalue weighted by molar-refractivity contribution is 1.59. The molecule has 1 heteroatoms. The zero-order valence-electron chi connectivity index (χ0n) is 12.6. The van der Waals surface area contributed by atoms with E-state index in [2.05, 4.69) is 90.4 Å². The van der Waals surface area contributed by atoms with Gasteiger partial charge >= 0.3 is 0 Å². The fourth-order valence-corrected chi connectivity index (χ4v) is 3.45. The van der Waals surface area contributed by atoms with Gasteiger partial charge in [0.2, 0.25) is 0 Å². The molecule has 5 aromatic rings. The summed E-state index contributed by atoms with van der Waals surface area (Å²) < 4.78 is 0. The molecule has 0 amide bonds. The highest BCUT2D eigenvalue weighted by atomic mass is 14.8. The van der Waals surface area contributed by atoms with E-state index in [1.165, 1.54) is 37.5 Å². The SMILES string of the molecule is C1=c2ccc(cc3ccc(cc3)c3cccc4cccc2c43)N1. The van der Waals surface area contributed by atoms with E-state index in [-0.39, 0.29) is 0 Å². The van der Waals surface area contributed by atoms with Crippen molar-refractivity contribution in [2.24, 2.45) is 0 Å². The summed E-state index contributed by atoms with van der Waals surface area (Å²) in [6, 6.07) is 28.4. The molecule has 1 N–H and O–H groups in total. The molecule has 23 heavy (non-hydrogen) atoms. The highest BCUT2D eigenvalue weighted by Gasteiger charge is 2.03. The summed E-state index contributed by atoms with van der Waals surface area (Å²) in [6.45, 7) is 0. The Hall–Kier alpha value is -3.06. The summed E-state index contributed by atoms with van der Waals surface area (Å²) in [7, 11) is 0. The molecule has 0 fully saturated rings. The molecule has 4 bridgehead atoms. The minimum atomic E-state index is 1.11. The van der Waals surface area contributed by atoms with Crippen molar-refractivity contribution in [1.29, 1.82) is 0 Å². The van der Waals surface area contributed by atoms with Crippen molar-refractivity contribution in [3.05, 3.63) is 84.1 Å². The third-order valence-corrected chi connectivity index (χ3v) is 4.60. The van der Waals surface area contributed by atoms with Crippen LogP contribution in [0.3, 0.4) is 0 Å². The molecule has 3 aliphatic heterocycles. The Morgan fingerprint density at radius 3 is 2.13 bits per heavy atom. The molecule has 3 heterocycles. The molecule has 0 atom stereocenters. The van der Waals surface area contributed by atoms with Gasteiger partial charge < -0.3 is 5.32 Å². The third kappa shape index (κ3) is 1.94. The second-order valence-electron chi connectivity index (χ2n) is 6.01. The van der Waals surface area contributed by atoms with E-state index in [1.807, 2.05) is 0 Å². The standard InChI is InChI=1S/C22H15N/c1-3-17-4-2-6-21-18-11-12-19(23-14-18)13-15-7-9-16(10-8-15)20(5-1)22(17)21/h1-14,23H. The topological polar surface area (TPSA) is 12.0 Å². The fourth-order valence-electron chi connectivity index (χ4n) is 3.45. The Balaban J connectivity index is 2.19.